The summed E-state index contributed by atoms with van der Waals surface area (Å²) in [7, 11) is 0. The predicted molar refractivity (Wildman–Crippen MR) is 76.0 cm³/mol. The highest BCUT2D eigenvalue weighted by atomic mass is 16.5. The summed E-state index contributed by atoms with van der Waals surface area (Å²) in [6, 6.07) is 0.246. The van der Waals surface area contributed by atoms with Crippen LogP contribution in [0, 0.1) is 5.92 Å². The van der Waals surface area contributed by atoms with Crippen molar-refractivity contribution in [2.24, 2.45) is 5.92 Å². The predicted octanol–water partition coefficient (Wildman–Crippen LogP) is 1.79. The lowest BCUT2D eigenvalue weighted by Gasteiger charge is -2.37. The third kappa shape index (κ3) is 3.48. The SMILES string of the molecule is CC(C)N(CC1CCCNC1)C(=O)C1(C)CCCO1. The van der Waals surface area contributed by atoms with E-state index in [1.54, 1.807) is 0 Å². The van der Waals surface area contributed by atoms with Crippen LogP contribution in [-0.2, 0) is 9.53 Å². The minimum atomic E-state index is -0.577. The molecule has 2 fully saturated rings. The Morgan fingerprint density at radius 3 is 2.79 bits per heavy atom. The summed E-state index contributed by atoms with van der Waals surface area (Å²) in [5, 5.41) is 3.43. The number of nitrogens with one attached hydrogen (secondary N) is 1. The molecule has 2 unspecified atom stereocenters. The Bertz CT molecular complexity index is 305. The van der Waals surface area contributed by atoms with E-state index >= 15 is 0 Å². The molecule has 0 saturated carbocycles. The Hall–Kier alpha value is -0.610. The van der Waals surface area contributed by atoms with Gasteiger partial charge in [0.1, 0.15) is 5.60 Å². The highest BCUT2D eigenvalue weighted by molar-refractivity contribution is 5.85. The molecule has 0 spiro atoms. The summed E-state index contributed by atoms with van der Waals surface area (Å²) in [6.45, 7) is 9.90. The number of amides is 1. The van der Waals surface area contributed by atoms with Gasteiger partial charge in [-0.3, -0.25) is 4.79 Å². The van der Waals surface area contributed by atoms with Gasteiger partial charge in [0, 0.05) is 19.2 Å². The molecule has 4 heteroatoms. The second-order valence-electron chi connectivity index (χ2n) is 6.45. The topological polar surface area (TPSA) is 41.6 Å². The van der Waals surface area contributed by atoms with Crippen LogP contribution in [0.5, 0.6) is 0 Å². The molecule has 2 aliphatic heterocycles. The van der Waals surface area contributed by atoms with Crippen molar-refractivity contribution in [2.75, 3.05) is 26.2 Å². The van der Waals surface area contributed by atoms with Crippen molar-refractivity contribution in [3.05, 3.63) is 0 Å². The van der Waals surface area contributed by atoms with Gasteiger partial charge >= 0.3 is 0 Å². The minimum Gasteiger partial charge on any atom is -0.365 e. The molecule has 110 valence electrons. The van der Waals surface area contributed by atoms with Crippen LogP contribution in [0.15, 0.2) is 0 Å². The maximum absolute atomic E-state index is 12.8. The molecule has 0 aliphatic carbocycles. The van der Waals surface area contributed by atoms with Crippen LogP contribution in [0.3, 0.4) is 0 Å². The molecule has 2 saturated heterocycles. The maximum Gasteiger partial charge on any atom is 0.254 e. The zero-order valence-corrected chi connectivity index (χ0v) is 12.6. The van der Waals surface area contributed by atoms with Crippen molar-refractivity contribution >= 4 is 5.91 Å². The highest BCUT2D eigenvalue weighted by Crippen LogP contribution is 2.28. The molecular formula is C15H28N2O2. The molecule has 2 rings (SSSR count). The standard InChI is InChI=1S/C15H28N2O2/c1-12(2)17(11-13-6-4-8-16-10-13)14(18)15(3)7-5-9-19-15/h12-13,16H,4-11H2,1-3H3. The molecular weight excluding hydrogens is 240 g/mol. The van der Waals surface area contributed by atoms with Crippen molar-refractivity contribution < 1.29 is 9.53 Å². The first kappa shape index (κ1) is 14.8. The lowest BCUT2D eigenvalue weighted by Crippen LogP contribution is -2.52. The Labute approximate surface area is 116 Å². The number of carbonyl (C=O) groups excluding carboxylic acids is 1. The van der Waals surface area contributed by atoms with Crippen molar-refractivity contribution in [2.45, 2.75) is 58.1 Å². The van der Waals surface area contributed by atoms with Crippen LogP contribution in [-0.4, -0.2) is 48.7 Å². The van der Waals surface area contributed by atoms with Gasteiger partial charge in [0.2, 0.25) is 0 Å². The fourth-order valence-corrected chi connectivity index (χ4v) is 3.14. The van der Waals surface area contributed by atoms with E-state index in [2.05, 4.69) is 19.2 Å². The maximum atomic E-state index is 12.8. The summed E-state index contributed by atoms with van der Waals surface area (Å²) in [4.78, 5) is 14.8. The van der Waals surface area contributed by atoms with Gasteiger partial charge in [0.25, 0.3) is 5.91 Å². The second-order valence-corrected chi connectivity index (χ2v) is 6.45. The Balaban J connectivity index is 2.00. The zero-order chi connectivity index (χ0) is 13.9. The van der Waals surface area contributed by atoms with Gasteiger partial charge in [0.05, 0.1) is 0 Å². The van der Waals surface area contributed by atoms with Crippen molar-refractivity contribution in [1.82, 2.24) is 10.2 Å². The van der Waals surface area contributed by atoms with E-state index < -0.39 is 5.60 Å². The Morgan fingerprint density at radius 2 is 2.26 bits per heavy atom. The van der Waals surface area contributed by atoms with Crippen LogP contribution in [0.25, 0.3) is 0 Å². The van der Waals surface area contributed by atoms with E-state index in [1.807, 2.05) is 11.8 Å². The van der Waals surface area contributed by atoms with Crippen LogP contribution in [0.4, 0.5) is 0 Å². The summed E-state index contributed by atoms with van der Waals surface area (Å²) in [6.07, 6.45) is 4.30. The van der Waals surface area contributed by atoms with E-state index in [0.717, 1.165) is 39.1 Å². The molecule has 19 heavy (non-hydrogen) atoms. The average Bonchev–Trinajstić information content (AvgIpc) is 2.84. The number of carbonyl (C=O) groups is 1. The highest BCUT2D eigenvalue weighted by Gasteiger charge is 2.41. The first-order valence-electron chi connectivity index (χ1n) is 7.69. The first-order valence-corrected chi connectivity index (χ1v) is 7.69. The number of ether oxygens (including phenoxy) is 1. The summed E-state index contributed by atoms with van der Waals surface area (Å²) >= 11 is 0. The van der Waals surface area contributed by atoms with E-state index in [4.69, 9.17) is 4.74 Å². The number of piperidine rings is 1. The van der Waals surface area contributed by atoms with Gasteiger partial charge in [-0.25, -0.2) is 0 Å². The Morgan fingerprint density at radius 1 is 1.47 bits per heavy atom. The monoisotopic (exact) mass is 268 g/mol. The molecule has 1 amide bonds. The number of nitrogens with zero attached hydrogens (tertiary/aromatic N) is 1. The first-order chi connectivity index (χ1) is 9.03. The number of rotatable bonds is 4. The van der Waals surface area contributed by atoms with Gasteiger partial charge in [-0.2, -0.15) is 0 Å². The normalized spacial score (nSPS) is 31.7. The van der Waals surface area contributed by atoms with Gasteiger partial charge in [-0.05, 0) is 65.5 Å². The fourth-order valence-electron chi connectivity index (χ4n) is 3.14. The Kier molecular flexibility index (Phi) is 4.85. The molecule has 2 aliphatic rings. The van der Waals surface area contributed by atoms with Crippen LogP contribution in [0.1, 0.15) is 46.5 Å². The third-order valence-electron chi connectivity index (χ3n) is 4.41. The molecule has 2 atom stereocenters. The van der Waals surface area contributed by atoms with Crippen LogP contribution in [0.2, 0.25) is 0 Å². The molecule has 0 aromatic carbocycles. The van der Waals surface area contributed by atoms with Gasteiger partial charge in [-0.1, -0.05) is 0 Å². The average molecular weight is 268 g/mol. The van der Waals surface area contributed by atoms with E-state index in [0.29, 0.717) is 5.92 Å². The quantitative estimate of drug-likeness (QED) is 0.845. The molecule has 2 heterocycles. The zero-order valence-electron chi connectivity index (χ0n) is 12.6. The third-order valence-corrected chi connectivity index (χ3v) is 4.41. The van der Waals surface area contributed by atoms with E-state index in [-0.39, 0.29) is 11.9 Å². The fraction of sp³-hybridized carbons (Fsp3) is 0.933. The molecule has 1 N–H and O–H groups in total. The van der Waals surface area contributed by atoms with Crippen LogP contribution >= 0.6 is 0 Å². The molecule has 0 bridgehead atoms. The molecule has 4 nitrogen and oxygen atoms in total. The number of hydrogen-bond donors (Lipinski definition) is 1. The van der Waals surface area contributed by atoms with Crippen LogP contribution < -0.4 is 5.32 Å². The molecule has 0 radical (unpaired) electrons. The smallest absolute Gasteiger partial charge is 0.254 e. The van der Waals surface area contributed by atoms with Crippen molar-refractivity contribution in [1.29, 1.82) is 0 Å². The lowest BCUT2D eigenvalue weighted by molar-refractivity contribution is -0.153. The van der Waals surface area contributed by atoms with Gasteiger partial charge in [-0.15, -0.1) is 0 Å². The molecule has 0 aromatic rings. The van der Waals surface area contributed by atoms with E-state index in [9.17, 15) is 4.79 Å². The summed E-state index contributed by atoms with van der Waals surface area (Å²) in [5.74, 6) is 0.774. The van der Waals surface area contributed by atoms with Crippen molar-refractivity contribution in [3.63, 3.8) is 0 Å². The van der Waals surface area contributed by atoms with Crippen molar-refractivity contribution in [3.8, 4) is 0 Å². The second kappa shape index (κ2) is 6.23. The van der Waals surface area contributed by atoms with Gasteiger partial charge in [0.15, 0.2) is 0 Å². The minimum absolute atomic E-state index is 0.186. The largest absolute Gasteiger partial charge is 0.365 e. The summed E-state index contributed by atoms with van der Waals surface area (Å²) in [5.41, 5.74) is -0.577. The number of hydrogen-bond acceptors (Lipinski definition) is 3. The summed E-state index contributed by atoms with van der Waals surface area (Å²) < 4.78 is 5.72. The lowest BCUT2D eigenvalue weighted by atomic mass is 9.95. The molecule has 0 aromatic heterocycles. The van der Waals surface area contributed by atoms with E-state index in [1.165, 1.54) is 12.8 Å². The van der Waals surface area contributed by atoms with Gasteiger partial charge < -0.3 is 15.0 Å².